The number of aliphatic hydroxyl groups is 1. The quantitative estimate of drug-likeness (QED) is 0.848. The Morgan fingerprint density at radius 2 is 1.65 bits per heavy atom. The van der Waals surface area contributed by atoms with E-state index in [1.54, 1.807) is 14.2 Å². The van der Waals surface area contributed by atoms with E-state index in [-0.39, 0.29) is 18.3 Å². The molecule has 0 heterocycles. The lowest BCUT2D eigenvalue weighted by Gasteiger charge is -2.27. The second-order valence-electron chi connectivity index (χ2n) is 4.99. The zero-order chi connectivity index (χ0) is 14.6. The molecule has 0 bridgehead atoms. The van der Waals surface area contributed by atoms with Crippen LogP contribution in [0.25, 0.3) is 0 Å². The third kappa shape index (κ3) is 4.01. The minimum absolute atomic E-state index is 0. The van der Waals surface area contributed by atoms with Crippen LogP contribution in [0.3, 0.4) is 0 Å². The molecule has 0 aliphatic carbocycles. The SMILES string of the molecule is CCC(C)[C@H](O)[C@H](N)c1c(OC)cc(C)cc1OC.Cl. The topological polar surface area (TPSA) is 64.7 Å². The molecule has 0 aliphatic rings. The van der Waals surface area contributed by atoms with E-state index in [0.29, 0.717) is 11.5 Å². The highest BCUT2D eigenvalue weighted by Crippen LogP contribution is 2.37. The molecule has 3 N–H and O–H groups in total. The Balaban J connectivity index is 0.00000361. The van der Waals surface area contributed by atoms with Crippen molar-refractivity contribution >= 4 is 12.4 Å². The van der Waals surface area contributed by atoms with Crippen molar-refractivity contribution in [1.29, 1.82) is 0 Å². The zero-order valence-electron chi connectivity index (χ0n) is 12.8. The average Bonchev–Trinajstić information content (AvgIpc) is 2.43. The number of hydrogen-bond acceptors (Lipinski definition) is 4. The number of methoxy groups -OCH3 is 2. The van der Waals surface area contributed by atoms with Gasteiger partial charge in [-0.15, -0.1) is 12.4 Å². The molecule has 1 rings (SSSR count). The monoisotopic (exact) mass is 303 g/mol. The summed E-state index contributed by atoms with van der Waals surface area (Å²) in [5.74, 6) is 1.43. The molecular weight excluding hydrogens is 278 g/mol. The van der Waals surface area contributed by atoms with E-state index in [4.69, 9.17) is 15.2 Å². The molecule has 1 aromatic carbocycles. The third-order valence-electron chi connectivity index (χ3n) is 3.62. The van der Waals surface area contributed by atoms with E-state index in [1.807, 2.05) is 32.9 Å². The van der Waals surface area contributed by atoms with Crippen molar-refractivity contribution in [2.24, 2.45) is 11.7 Å². The van der Waals surface area contributed by atoms with Crippen molar-refractivity contribution in [2.45, 2.75) is 39.3 Å². The summed E-state index contributed by atoms with van der Waals surface area (Å²) in [5.41, 5.74) is 7.96. The highest BCUT2D eigenvalue weighted by molar-refractivity contribution is 5.85. The van der Waals surface area contributed by atoms with Gasteiger partial charge < -0.3 is 20.3 Å². The summed E-state index contributed by atoms with van der Waals surface area (Å²) >= 11 is 0. The largest absolute Gasteiger partial charge is 0.496 e. The number of aliphatic hydroxyl groups excluding tert-OH is 1. The highest BCUT2D eigenvalue weighted by atomic mass is 35.5. The summed E-state index contributed by atoms with van der Waals surface area (Å²) in [5, 5.41) is 10.3. The predicted octanol–water partition coefficient (Wildman–Crippen LogP) is 2.84. The maximum absolute atomic E-state index is 10.3. The Morgan fingerprint density at radius 3 is 2.00 bits per heavy atom. The molecule has 0 saturated carbocycles. The molecule has 0 spiro atoms. The van der Waals surface area contributed by atoms with Gasteiger partial charge >= 0.3 is 0 Å². The lowest BCUT2D eigenvalue weighted by atomic mass is 9.90. The molecule has 0 fully saturated rings. The Hall–Kier alpha value is -0.970. The molecule has 0 amide bonds. The second kappa shape index (κ2) is 8.35. The van der Waals surface area contributed by atoms with Gasteiger partial charge in [-0.05, 0) is 30.5 Å². The lowest BCUT2D eigenvalue weighted by molar-refractivity contribution is 0.0861. The minimum Gasteiger partial charge on any atom is -0.496 e. The van der Waals surface area contributed by atoms with Crippen LogP contribution in [0.4, 0.5) is 0 Å². The molecule has 0 saturated heterocycles. The molecule has 0 aliphatic heterocycles. The van der Waals surface area contributed by atoms with Gasteiger partial charge in [-0.1, -0.05) is 20.3 Å². The summed E-state index contributed by atoms with van der Waals surface area (Å²) in [6.07, 6.45) is 0.237. The van der Waals surface area contributed by atoms with Gasteiger partial charge in [-0.3, -0.25) is 0 Å². The predicted molar refractivity (Wildman–Crippen MR) is 83.9 cm³/mol. The van der Waals surface area contributed by atoms with Gasteiger partial charge in [-0.25, -0.2) is 0 Å². The van der Waals surface area contributed by atoms with Crippen LogP contribution in [-0.2, 0) is 0 Å². The van der Waals surface area contributed by atoms with Gasteiger partial charge in [0.2, 0.25) is 0 Å². The van der Waals surface area contributed by atoms with Crippen LogP contribution in [0, 0.1) is 12.8 Å². The molecule has 5 heteroatoms. The second-order valence-corrected chi connectivity index (χ2v) is 4.99. The van der Waals surface area contributed by atoms with Gasteiger partial charge in [0.25, 0.3) is 0 Å². The highest BCUT2D eigenvalue weighted by Gasteiger charge is 2.27. The first-order chi connectivity index (χ1) is 8.96. The van der Waals surface area contributed by atoms with Crippen molar-refractivity contribution in [3.63, 3.8) is 0 Å². The minimum atomic E-state index is -0.629. The van der Waals surface area contributed by atoms with Gasteiger partial charge in [0.1, 0.15) is 11.5 Å². The van der Waals surface area contributed by atoms with Crippen molar-refractivity contribution in [2.75, 3.05) is 14.2 Å². The summed E-state index contributed by atoms with van der Waals surface area (Å²) in [6, 6.07) is 3.28. The molecular formula is C15H26ClNO3. The molecule has 4 nitrogen and oxygen atoms in total. The number of rotatable bonds is 6. The summed E-state index contributed by atoms with van der Waals surface area (Å²) in [4.78, 5) is 0. The van der Waals surface area contributed by atoms with E-state index in [2.05, 4.69) is 0 Å². The number of ether oxygens (including phenoxy) is 2. The van der Waals surface area contributed by atoms with Crippen LogP contribution < -0.4 is 15.2 Å². The average molecular weight is 304 g/mol. The van der Waals surface area contributed by atoms with Crippen LogP contribution in [0.1, 0.15) is 37.4 Å². The van der Waals surface area contributed by atoms with E-state index in [1.165, 1.54) is 0 Å². The van der Waals surface area contributed by atoms with Crippen LogP contribution in [0.5, 0.6) is 11.5 Å². The number of aryl methyl sites for hydroxylation is 1. The van der Waals surface area contributed by atoms with Crippen molar-refractivity contribution < 1.29 is 14.6 Å². The van der Waals surface area contributed by atoms with Crippen LogP contribution in [0.15, 0.2) is 12.1 Å². The Labute approximate surface area is 127 Å². The van der Waals surface area contributed by atoms with Gasteiger partial charge in [0, 0.05) is 0 Å². The van der Waals surface area contributed by atoms with E-state index in [0.717, 1.165) is 17.5 Å². The Bertz CT molecular complexity index is 401. The smallest absolute Gasteiger partial charge is 0.127 e. The fraction of sp³-hybridized carbons (Fsp3) is 0.600. The zero-order valence-corrected chi connectivity index (χ0v) is 13.7. The molecule has 1 aromatic rings. The Kier molecular flexibility index (Phi) is 7.94. The molecule has 0 radical (unpaired) electrons. The number of halogens is 1. The van der Waals surface area contributed by atoms with Crippen molar-refractivity contribution in [1.82, 2.24) is 0 Å². The first-order valence-corrected chi connectivity index (χ1v) is 6.62. The first-order valence-electron chi connectivity index (χ1n) is 6.62. The molecule has 1 unspecified atom stereocenters. The maximum atomic E-state index is 10.3. The maximum Gasteiger partial charge on any atom is 0.127 e. The Morgan fingerprint density at radius 1 is 1.20 bits per heavy atom. The molecule has 0 aromatic heterocycles. The van der Waals surface area contributed by atoms with Crippen molar-refractivity contribution in [3.8, 4) is 11.5 Å². The molecule has 116 valence electrons. The van der Waals surface area contributed by atoms with E-state index in [9.17, 15) is 5.11 Å². The van der Waals surface area contributed by atoms with Crippen LogP contribution in [0.2, 0.25) is 0 Å². The fourth-order valence-corrected chi connectivity index (χ4v) is 2.16. The first kappa shape index (κ1) is 19.0. The molecule has 3 atom stereocenters. The third-order valence-corrected chi connectivity index (χ3v) is 3.62. The van der Waals surface area contributed by atoms with Crippen LogP contribution in [-0.4, -0.2) is 25.4 Å². The fourth-order valence-electron chi connectivity index (χ4n) is 2.16. The van der Waals surface area contributed by atoms with Gasteiger partial charge in [0.05, 0.1) is 31.9 Å². The standard InChI is InChI=1S/C15H25NO3.ClH/c1-6-10(3)15(17)14(16)13-11(18-4)7-9(2)8-12(13)19-5;/h7-8,10,14-15,17H,6,16H2,1-5H3;1H/t10?,14-,15+;/m1./s1. The normalized spacial score (nSPS) is 14.9. The number of hydrogen-bond donors (Lipinski definition) is 2. The summed E-state index contributed by atoms with van der Waals surface area (Å²) < 4.78 is 10.8. The van der Waals surface area contributed by atoms with Gasteiger partial charge in [0.15, 0.2) is 0 Å². The van der Waals surface area contributed by atoms with E-state index < -0.39 is 12.1 Å². The number of benzene rings is 1. The van der Waals surface area contributed by atoms with Crippen LogP contribution >= 0.6 is 12.4 Å². The van der Waals surface area contributed by atoms with Crippen molar-refractivity contribution in [3.05, 3.63) is 23.3 Å². The van der Waals surface area contributed by atoms with Gasteiger partial charge in [-0.2, -0.15) is 0 Å². The summed E-state index contributed by atoms with van der Waals surface area (Å²) in [7, 11) is 3.19. The summed E-state index contributed by atoms with van der Waals surface area (Å²) in [6.45, 7) is 5.98. The molecule has 20 heavy (non-hydrogen) atoms. The lowest BCUT2D eigenvalue weighted by Crippen LogP contribution is -2.32. The van der Waals surface area contributed by atoms with E-state index >= 15 is 0 Å². The number of nitrogens with two attached hydrogens (primary N) is 1.